The standard InChI is InChI=1S/C14H23NO3/c1-5-17-12(2)18-14(3,16)15(4)11-13-9-7-6-8-10-13/h6-10,12,16H,5,11H2,1-4H3. The van der Waals surface area contributed by atoms with E-state index in [1.54, 1.807) is 18.7 Å². The molecule has 1 N–H and O–H groups in total. The first-order valence-electron chi connectivity index (χ1n) is 6.22. The fraction of sp³-hybridized carbons (Fsp3) is 0.571. The van der Waals surface area contributed by atoms with Gasteiger partial charge in [-0.05, 0) is 26.5 Å². The van der Waals surface area contributed by atoms with Gasteiger partial charge in [0.25, 0.3) is 0 Å². The molecule has 0 radical (unpaired) electrons. The monoisotopic (exact) mass is 253 g/mol. The van der Waals surface area contributed by atoms with Gasteiger partial charge in [0, 0.05) is 20.1 Å². The maximum atomic E-state index is 10.3. The van der Waals surface area contributed by atoms with Crippen LogP contribution in [0.3, 0.4) is 0 Å². The smallest absolute Gasteiger partial charge is 0.226 e. The van der Waals surface area contributed by atoms with Crippen molar-refractivity contribution < 1.29 is 14.6 Å². The van der Waals surface area contributed by atoms with Gasteiger partial charge in [-0.1, -0.05) is 30.3 Å². The van der Waals surface area contributed by atoms with E-state index in [4.69, 9.17) is 9.47 Å². The summed E-state index contributed by atoms with van der Waals surface area (Å²) in [5.74, 6) is -1.36. The predicted molar refractivity (Wildman–Crippen MR) is 70.7 cm³/mol. The van der Waals surface area contributed by atoms with Crippen molar-refractivity contribution in [3.8, 4) is 0 Å². The Bertz CT molecular complexity index is 340. The van der Waals surface area contributed by atoms with Crippen LogP contribution in [0.1, 0.15) is 26.3 Å². The van der Waals surface area contributed by atoms with Crippen LogP contribution >= 0.6 is 0 Å². The molecule has 0 saturated heterocycles. The highest BCUT2D eigenvalue weighted by molar-refractivity contribution is 5.14. The Hall–Kier alpha value is -0.940. The average Bonchev–Trinajstić information content (AvgIpc) is 2.29. The van der Waals surface area contributed by atoms with Crippen molar-refractivity contribution in [2.24, 2.45) is 0 Å². The van der Waals surface area contributed by atoms with Gasteiger partial charge in [0.05, 0.1) is 0 Å². The molecule has 0 aromatic heterocycles. The molecule has 1 aromatic rings. The molecule has 0 spiro atoms. The molecule has 4 heteroatoms. The van der Waals surface area contributed by atoms with Gasteiger partial charge in [-0.25, -0.2) is 0 Å². The van der Waals surface area contributed by atoms with Crippen LogP contribution in [-0.2, 0) is 16.0 Å². The minimum Gasteiger partial charge on any atom is -0.353 e. The number of ether oxygens (including phenoxy) is 2. The third-order valence-corrected chi connectivity index (χ3v) is 2.76. The van der Waals surface area contributed by atoms with Gasteiger partial charge >= 0.3 is 0 Å². The molecule has 18 heavy (non-hydrogen) atoms. The normalized spacial score (nSPS) is 16.6. The van der Waals surface area contributed by atoms with Crippen LogP contribution in [0.25, 0.3) is 0 Å². The van der Waals surface area contributed by atoms with Crippen molar-refractivity contribution in [2.45, 2.75) is 39.5 Å². The van der Waals surface area contributed by atoms with Crippen molar-refractivity contribution in [1.82, 2.24) is 4.90 Å². The van der Waals surface area contributed by atoms with Crippen molar-refractivity contribution in [3.63, 3.8) is 0 Å². The summed E-state index contributed by atoms with van der Waals surface area (Å²) in [6.07, 6.45) is -0.441. The van der Waals surface area contributed by atoms with Gasteiger partial charge in [-0.2, -0.15) is 0 Å². The molecule has 2 atom stereocenters. The summed E-state index contributed by atoms with van der Waals surface area (Å²) in [4.78, 5) is 1.73. The van der Waals surface area contributed by atoms with Crippen LogP contribution in [0.4, 0.5) is 0 Å². The fourth-order valence-corrected chi connectivity index (χ4v) is 1.68. The number of hydrogen-bond acceptors (Lipinski definition) is 4. The molecule has 1 rings (SSSR count). The molecule has 0 saturated carbocycles. The Morgan fingerprint density at radius 2 is 1.94 bits per heavy atom. The Kier molecular flexibility index (Phi) is 5.75. The van der Waals surface area contributed by atoms with Crippen molar-refractivity contribution in [2.75, 3.05) is 13.7 Å². The van der Waals surface area contributed by atoms with Crippen LogP contribution in [0.15, 0.2) is 30.3 Å². The number of nitrogens with zero attached hydrogens (tertiary/aromatic N) is 1. The van der Waals surface area contributed by atoms with E-state index < -0.39 is 12.2 Å². The SMILES string of the molecule is CCOC(C)OC(C)(O)N(C)Cc1ccccc1. The first kappa shape index (κ1) is 15.1. The van der Waals surface area contributed by atoms with E-state index in [0.717, 1.165) is 5.56 Å². The second-order valence-electron chi connectivity index (χ2n) is 4.42. The van der Waals surface area contributed by atoms with Gasteiger partial charge in [0.2, 0.25) is 5.91 Å². The maximum Gasteiger partial charge on any atom is 0.226 e. The summed E-state index contributed by atoms with van der Waals surface area (Å²) < 4.78 is 10.7. The molecule has 1 aromatic carbocycles. The Morgan fingerprint density at radius 3 is 2.50 bits per heavy atom. The molecule has 2 unspecified atom stereocenters. The molecule has 0 aliphatic rings. The lowest BCUT2D eigenvalue weighted by atomic mass is 10.2. The molecule has 0 aliphatic heterocycles. The third kappa shape index (κ3) is 4.74. The van der Waals surface area contributed by atoms with Gasteiger partial charge in [-0.3, -0.25) is 4.90 Å². The minimum atomic E-state index is -1.36. The van der Waals surface area contributed by atoms with E-state index >= 15 is 0 Å². The van der Waals surface area contributed by atoms with Gasteiger partial charge in [0.1, 0.15) is 0 Å². The highest BCUT2D eigenvalue weighted by Crippen LogP contribution is 2.17. The zero-order valence-corrected chi connectivity index (χ0v) is 11.6. The fourth-order valence-electron chi connectivity index (χ4n) is 1.68. The molecule has 0 aliphatic carbocycles. The maximum absolute atomic E-state index is 10.3. The van der Waals surface area contributed by atoms with E-state index in [-0.39, 0.29) is 0 Å². The second-order valence-corrected chi connectivity index (χ2v) is 4.42. The third-order valence-electron chi connectivity index (χ3n) is 2.76. The van der Waals surface area contributed by atoms with E-state index in [0.29, 0.717) is 13.2 Å². The number of hydrogen-bond donors (Lipinski definition) is 1. The Morgan fingerprint density at radius 1 is 1.33 bits per heavy atom. The summed E-state index contributed by atoms with van der Waals surface area (Å²) >= 11 is 0. The highest BCUT2D eigenvalue weighted by atomic mass is 16.7. The van der Waals surface area contributed by atoms with Crippen LogP contribution in [0.2, 0.25) is 0 Å². The molecule has 0 heterocycles. The van der Waals surface area contributed by atoms with Crippen LogP contribution in [-0.4, -0.2) is 35.9 Å². The summed E-state index contributed by atoms with van der Waals surface area (Å²) in [6.45, 7) is 6.44. The summed E-state index contributed by atoms with van der Waals surface area (Å²) in [5.41, 5.74) is 1.12. The van der Waals surface area contributed by atoms with Crippen molar-refractivity contribution in [3.05, 3.63) is 35.9 Å². The van der Waals surface area contributed by atoms with Crippen LogP contribution < -0.4 is 0 Å². The van der Waals surface area contributed by atoms with E-state index in [1.807, 2.05) is 44.3 Å². The lowest BCUT2D eigenvalue weighted by Crippen LogP contribution is -2.47. The van der Waals surface area contributed by atoms with Crippen molar-refractivity contribution >= 4 is 0 Å². The minimum absolute atomic E-state index is 0.441. The lowest BCUT2D eigenvalue weighted by Gasteiger charge is -2.35. The van der Waals surface area contributed by atoms with Gasteiger partial charge in [0.15, 0.2) is 6.29 Å². The average molecular weight is 253 g/mol. The molecule has 0 amide bonds. The molecule has 102 valence electrons. The zero-order valence-electron chi connectivity index (χ0n) is 11.6. The first-order chi connectivity index (χ1) is 8.45. The highest BCUT2D eigenvalue weighted by Gasteiger charge is 2.29. The lowest BCUT2D eigenvalue weighted by molar-refractivity contribution is -0.335. The number of aliphatic hydroxyl groups is 1. The largest absolute Gasteiger partial charge is 0.353 e. The summed E-state index contributed by atoms with van der Waals surface area (Å²) in [7, 11) is 1.81. The topological polar surface area (TPSA) is 41.9 Å². The summed E-state index contributed by atoms with van der Waals surface area (Å²) in [6, 6.07) is 9.94. The molecular weight excluding hydrogens is 230 g/mol. The Labute approximate surface area is 109 Å². The van der Waals surface area contributed by atoms with E-state index in [9.17, 15) is 5.11 Å². The molecule has 0 fully saturated rings. The van der Waals surface area contributed by atoms with E-state index in [2.05, 4.69) is 0 Å². The molecule has 4 nitrogen and oxygen atoms in total. The van der Waals surface area contributed by atoms with E-state index in [1.165, 1.54) is 0 Å². The number of rotatable bonds is 7. The quantitative estimate of drug-likeness (QED) is 0.756. The zero-order chi connectivity index (χ0) is 13.6. The Balaban J connectivity index is 2.56. The molecular formula is C14H23NO3. The van der Waals surface area contributed by atoms with Gasteiger partial charge < -0.3 is 14.6 Å². The van der Waals surface area contributed by atoms with Crippen molar-refractivity contribution in [1.29, 1.82) is 0 Å². The van der Waals surface area contributed by atoms with Crippen LogP contribution in [0, 0.1) is 0 Å². The van der Waals surface area contributed by atoms with Crippen LogP contribution in [0.5, 0.6) is 0 Å². The number of benzene rings is 1. The predicted octanol–water partition coefficient (Wildman–Crippen LogP) is 2.18. The molecule has 0 bridgehead atoms. The second kappa shape index (κ2) is 6.85. The summed E-state index contributed by atoms with van der Waals surface area (Å²) in [5, 5.41) is 10.3. The van der Waals surface area contributed by atoms with Gasteiger partial charge in [-0.15, -0.1) is 0 Å². The first-order valence-corrected chi connectivity index (χ1v) is 6.22.